The minimum absolute atomic E-state index is 0.169. The SMILES string of the molecule is O=C(O)c1cnc(C(=O)N2CCCc3ccccc3C2)cn1. The molecule has 0 spiro atoms. The topological polar surface area (TPSA) is 83.4 Å². The van der Waals surface area contributed by atoms with Crippen LogP contribution in [0.4, 0.5) is 0 Å². The number of carbonyl (C=O) groups excluding carboxylic acids is 1. The maximum absolute atomic E-state index is 12.5. The lowest BCUT2D eigenvalue weighted by Crippen LogP contribution is -2.31. The van der Waals surface area contributed by atoms with Gasteiger partial charge in [0.15, 0.2) is 5.69 Å². The van der Waals surface area contributed by atoms with Crippen molar-refractivity contribution >= 4 is 11.9 Å². The van der Waals surface area contributed by atoms with E-state index in [4.69, 9.17) is 5.11 Å². The molecule has 0 saturated carbocycles. The highest BCUT2D eigenvalue weighted by Gasteiger charge is 2.21. The molecule has 2 heterocycles. The molecule has 2 aromatic rings. The van der Waals surface area contributed by atoms with Gasteiger partial charge < -0.3 is 10.0 Å². The summed E-state index contributed by atoms with van der Waals surface area (Å²) in [5.41, 5.74) is 2.41. The monoisotopic (exact) mass is 297 g/mol. The molecular formula is C16H15N3O3. The van der Waals surface area contributed by atoms with Crippen LogP contribution in [0.2, 0.25) is 0 Å². The largest absolute Gasteiger partial charge is 0.476 e. The third kappa shape index (κ3) is 2.81. The first kappa shape index (κ1) is 14.2. The molecule has 0 saturated heterocycles. The van der Waals surface area contributed by atoms with Gasteiger partial charge in [-0.25, -0.2) is 14.8 Å². The van der Waals surface area contributed by atoms with E-state index in [1.54, 1.807) is 4.90 Å². The zero-order chi connectivity index (χ0) is 15.5. The van der Waals surface area contributed by atoms with Crippen LogP contribution in [-0.4, -0.2) is 38.4 Å². The van der Waals surface area contributed by atoms with Gasteiger partial charge in [0.2, 0.25) is 0 Å². The van der Waals surface area contributed by atoms with E-state index in [1.807, 2.05) is 18.2 Å². The Bertz CT molecular complexity index is 713. The van der Waals surface area contributed by atoms with Crippen LogP contribution >= 0.6 is 0 Å². The molecule has 22 heavy (non-hydrogen) atoms. The summed E-state index contributed by atoms with van der Waals surface area (Å²) in [7, 11) is 0. The first-order chi connectivity index (χ1) is 10.6. The number of aromatic carboxylic acids is 1. The lowest BCUT2D eigenvalue weighted by Gasteiger charge is -2.20. The molecule has 1 aliphatic heterocycles. The summed E-state index contributed by atoms with van der Waals surface area (Å²) in [6.45, 7) is 1.19. The highest BCUT2D eigenvalue weighted by atomic mass is 16.4. The van der Waals surface area contributed by atoms with Gasteiger partial charge in [0, 0.05) is 13.1 Å². The number of benzene rings is 1. The molecule has 0 radical (unpaired) electrons. The third-order valence-electron chi connectivity index (χ3n) is 3.73. The number of aryl methyl sites for hydroxylation is 1. The third-order valence-corrected chi connectivity index (χ3v) is 3.73. The molecule has 0 fully saturated rings. The summed E-state index contributed by atoms with van der Waals surface area (Å²) < 4.78 is 0. The molecule has 6 heteroatoms. The van der Waals surface area contributed by atoms with Gasteiger partial charge in [-0.1, -0.05) is 24.3 Å². The van der Waals surface area contributed by atoms with Crippen molar-refractivity contribution in [2.45, 2.75) is 19.4 Å². The Morgan fingerprint density at radius 3 is 2.41 bits per heavy atom. The van der Waals surface area contributed by atoms with Crippen LogP contribution in [0, 0.1) is 0 Å². The lowest BCUT2D eigenvalue weighted by atomic mass is 10.0. The molecule has 1 aliphatic rings. The molecular weight excluding hydrogens is 282 g/mol. The number of carboxylic acid groups (broad SMARTS) is 1. The van der Waals surface area contributed by atoms with E-state index in [-0.39, 0.29) is 17.3 Å². The number of nitrogens with zero attached hydrogens (tertiary/aromatic N) is 3. The highest BCUT2D eigenvalue weighted by molar-refractivity contribution is 5.92. The molecule has 112 valence electrons. The second kappa shape index (κ2) is 5.93. The van der Waals surface area contributed by atoms with Crippen molar-refractivity contribution < 1.29 is 14.7 Å². The molecule has 3 rings (SSSR count). The zero-order valence-electron chi connectivity index (χ0n) is 11.9. The molecule has 6 nitrogen and oxygen atoms in total. The first-order valence-electron chi connectivity index (χ1n) is 7.06. The van der Waals surface area contributed by atoms with Gasteiger partial charge in [-0.15, -0.1) is 0 Å². The minimum Gasteiger partial charge on any atom is -0.476 e. The summed E-state index contributed by atoms with van der Waals surface area (Å²) in [4.78, 5) is 32.7. The van der Waals surface area contributed by atoms with Gasteiger partial charge in [0.25, 0.3) is 5.91 Å². The van der Waals surface area contributed by atoms with Crippen molar-refractivity contribution in [1.82, 2.24) is 14.9 Å². The molecule has 1 aromatic carbocycles. The summed E-state index contributed by atoms with van der Waals surface area (Å²) >= 11 is 0. The van der Waals surface area contributed by atoms with Crippen molar-refractivity contribution in [2.24, 2.45) is 0 Å². The van der Waals surface area contributed by atoms with E-state index in [0.29, 0.717) is 13.1 Å². The smallest absolute Gasteiger partial charge is 0.356 e. The van der Waals surface area contributed by atoms with Crippen molar-refractivity contribution in [3.8, 4) is 0 Å². The number of hydrogen-bond acceptors (Lipinski definition) is 4. The van der Waals surface area contributed by atoms with E-state index in [1.165, 1.54) is 11.8 Å². The van der Waals surface area contributed by atoms with E-state index in [0.717, 1.165) is 24.6 Å². The normalized spacial score (nSPS) is 14.1. The maximum Gasteiger partial charge on any atom is 0.356 e. The first-order valence-corrected chi connectivity index (χ1v) is 7.06. The van der Waals surface area contributed by atoms with Gasteiger partial charge in [0.1, 0.15) is 5.69 Å². The molecule has 1 aromatic heterocycles. The Balaban J connectivity index is 1.81. The number of amides is 1. The standard InChI is InChI=1S/C16H15N3O3/c20-15(13-8-18-14(9-17-13)16(21)22)19-7-3-6-11-4-1-2-5-12(11)10-19/h1-2,4-5,8-9H,3,6-7,10H2,(H,21,22). The van der Waals surface area contributed by atoms with Gasteiger partial charge in [-0.3, -0.25) is 4.79 Å². The van der Waals surface area contributed by atoms with Crippen molar-refractivity contribution in [3.63, 3.8) is 0 Å². The Hall–Kier alpha value is -2.76. The fraction of sp³-hybridized carbons (Fsp3) is 0.250. The Labute approximate surface area is 127 Å². The molecule has 0 unspecified atom stereocenters. The van der Waals surface area contributed by atoms with E-state index < -0.39 is 5.97 Å². The number of rotatable bonds is 2. The quantitative estimate of drug-likeness (QED) is 0.913. The minimum atomic E-state index is -1.16. The lowest BCUT2D eigenvalue weighted by molar-refractivity contribution is 0.0684. The summed E-state index contributed by atoms with van der Waals surface area (Å²) in [6.07, 6.45) is 4.18. The van der Waals surface area contributed by atoms with Gasteiger partial charge in [-0.05, 0) is 24.0 Å². The second-order valence-corrected chi connectivity index (χ2v) is 5.19. The second-order valence-electron chi connectivity index (χ2n) is 5.19. The summed E-state index contributed by atoms with van der Waals surface area (Å²) in [6, 6.07) is 8.09. The van der Waals surface area contributed by atoms with E-state index >= 15 is 0 Å². The van der Waals surface area contributed by atoms with E-state index in [9.17, 15) is 9.59 Å². The van der Waals surface area contributed by atoms with E-state index in [2.05, 4.69) is 16.0 Å². The average molecular weight is 297 g/mol. The van der Waals surface area contributed by atoms with Crippen LogP contribution < -0.4 is 0 Å². The number of fused-ring (bicyclic) bond motifs is 1. The predicted octanol–water partition coefficient (Wildman–Crippen LogP) is 1.76. The van der Waals surface area contributed by atoms with Crippen LogP contribution in [0.25, 0.3) is 0 Å². The molecule has 0 aliphatic carbocycles. The molecule has 1 amide bonds. The van der Waals surface area contributed by atoms with Gasteiger partial charge >= 0.3 is 5.97 Å². The Morgan fingerprint density at radius 2 is 1.73 bits per heavy atom. The predicted molar refractivity (Wildman–Crippen MR) is 78.5 cm³/mol. The molecule has 1 N–H and O–H groups in total. The van der Waals surface area contributed by atoms with Crippen molar-refractivity contribution in [2.75, 3.05) is 6.54 Å². The fourth-order valence-electron chi connectivity index (χ4n) is 2.58. The highest BCUT2D eigenvalue weighted by Crippen LogP contribution is 2.19. The molecule has 0 atom stereocenters. The van der Waals surface area contributed by atoms with Crippen LogP contribution in [0.1, 0.15) is 38.5 Å². The van der Waals surface area contributed by atoms with Crippen molar-refractivity contribution in [1.29, 1.82) is 0 Å². The number of aromatic nitrogens is 2. The summed E-state index contributed by atoms with van der Waals surface area (Å²) in [5.74, 6) is -1.38. The van der Waals surface area contributed by atoms with Crippen LogP contribution in [-0.2, 0) is 13.0 Å². The summed E-state index contributed by atoms with van der Waals surface area (Å²) in [5, 5.41) is 8.81. The molecule has 0 bridgehead atoms. The van der Waals surface area contributed by atoms with Crippen molar-refractivity contribution in [3.05, 3.63) is 59.2 Å². The zero-order valence-corrected chi connectivity index (χ0v) is 11.9. The van der Waals surface area contributed by atoms with Crippen LogP contribution in [0.15, 0.2) is 36.7 Å². The van der Waals surface area contributed by atoms with Gasteiger partial charge in [-0.2, -0.15) is 0 Å². The fourth-order valence-corrected chi connectivity index (χ4v) is 2.58. The number of hydrogen-bond donors (Lipinski definition) is 1. The van der Waals surface area contributed by atoms with Crippen LogP contribution in [0.5, 0.6) is 0 Å². The number of carbonyl (C=O) groups is 2. The average Bonchev–Trinajstić information content (AvgIpc) is 2.76. The number of carboxylic acids is 1. The Kier molecular flexibility index (Phi) is 3.82. The maximum atomic E-state index is 12.5. The van der Waals surface area contributed by atoms with Gasteiger partial charge in [0.05, 0.1) is 12.4 Å². The van der Waals surface area contributed by atoms with Crippen LogP contribution in [0.3, 0.4) is 0 Å². The Morgan fingerprint density at radius 1 is 1.05 bits per heavy atom.